The van der Waals surface area contributed by atoms with Gasteiger partial charge in [0.05, 0.1) is 48.0 Å². The summed E-state index contributed by atoms with van der Waals surface area (Å²) in [6.45, 7) is 3.84. The molecule has 4 aliphatic rings. The van der Waals surface area contributed by atoms with Crippen molar-refractivity contribution in [2.45, 2.75) is 26.7 Å². The molecule has 6 unspecified atom stereocenters. The number of imide groups is 2. The summed E-state index contributed by atoms with van der Waals surface area (Å²) in [6, 6.07) is 17.9. The molecule has 58 heavy (non-hydrogen) atoms. The number of allylic oxidation sites excluding steroid dienone is 3. The predicted octanol–water partition coefficient (Wildman–Crippen LogP) is 8.73. The number of phenols is 1. The highest BCUT2D eigenvalue weighted by Gasteiger charge is 2.67. The number of thiophene rings is 1. The van der Waals surface area contributed by atoms with Gasteiger partial charge in [-0.15, -0.1) is 11.3 Å². The Morgan fingerprint density at radius 3 is 2.34 bits per heavy atom. The Hall–Kier alpha value is -5.24. The number of amides is 4. The van der Waals surface area contributed by atoms with Crippen LogP contribution in [0.2, 0.25) is 5.02 Å². The molecule has 2 aromatic heterocycles. The summed E-state index contributed by atoms with van der Waals surface area (Å²) in [5.41, 5.74) is 2.32. The molecule has 9 rings (SSSR count). The Bertz CT molecular complexity index is 2640. The number of aryl methyl sites for hydroxylation is 2. The lowest BCUT2D eigenvalue weighted by Crippen LogP contribution is -2.49. The Balaban J connectivity index is 1.14. The summed E-state index contributed by atoms with van der Waals surface area (Å²) in [5, 5.41) is 17.1. The molecular formula is C44H38BrClN4O7S. The average molecular weight is 882 g/mol. The van der Waals surface area contributed by atoms with Crippen molar-refractivity contribution in [1.29, 1.82) is 0 Å². The number of aromatic nitrogens is 2. The molecule has 6 atom stereocenters. The first-order valence-corrected chi connectivity index (χ1v) is 20.8. The van der Waals surface area contributed by atoms with Crippen LogP contribution < -0.4 is 19.3 Å². The number of halogens is 2. The molecule has 2 aliphatic carbocycles. The van der Waals surface area contributed by atoms with Crippen LogP contribution >= 0.6 is 38.9 Å². The van der Waals surface area contributed by atoms with E-state index in [-0.39, 0.29) is 47.3 Å². The smallest absolute Gasteiger partial charge is 0.242 e. The van der Waals surface area contributed by atoms with E-state index in [9.17, 15) is 19.5 Å². The van der Waals surface area contributed by atoms with E-state index in [0.29, 0.717) is 34.2 Å². The number of methoxy groups -OCH3 is 2. The van der Waals surface area contributed by atoms with Gasteiger partial charge in [0.1, 0.15) is 11.5 Å². The topological polar surface area (TPSA) is 131 Å². The zero-order chi connectivity index (χ0) is 40.9. The third-order valence-corrected chi connectivity index (χ3v) is 14.7. The van der Waals surface area contributed by atoms with Crippen molar-refractivity contribution >= 4 is 90.2 Å². The van der Waals surface area contributed by atoms with Crippen LogP contribution in [0.1, 0.15) is 30.9 Å². The van der Waals surface area contributed by atoms with Crippen LogP contribution in [-0.2, 0) is 26.2 Å². The summed E-state index contributed by atoms with van der Waals surface area (Å²) in [4.78, 5) is 62.0. The van der Waals surface area contributed by atoms with Gasteiger partial charge in [-0.25, -0.2) is 4.90 Å². The highest BCUT2D eigenvalue weighted by Crippen LogP contribution is 2.61. The van der Waals surface area contributed by atoms with E-state index in [4.69, 9.17) is 26.2 Å². The number of aromatic hydroxyl groups is 1. The number of benzene rings is 3. The van der Waals surface area contributed by atoms with Crippen LogP contribution in [0.15, 0.2) is 82.9 Å². The Morgan fingerprint density at radius 1 is 0.948 bits per heavy atom. The van der Waals surface area contributed by atoms with Crippen molar-refractivity contribution < 1.29 is 33.8 Å². The molecule has 296 valence electrons. The predicted molar refractivity (Wildman–Crippen MR) is 226 cm³/mol. The van der Waals surface area contributed by atoms with Crippen molar-refractivity contribution in [2.24, 2.45) is 42.1 Å². The van der Waals surface area contributed by atoms with Crippen LogP contribution in [0, 0.1) is 41.9 Å². The van der Waals surface area contributed by atoms with E-state index in [1.807, 2.05) is 50.3 Å². The molecule has 1 saturated carbocycles. The quantitative estimate of drug-likeness (QED) is 0.127. The minimum Gasteiger partial charge on any atom is -0.502 e. The van der Waals surface area contributed by atoms with E-state index in [0.717, 1.165) is 30.6 Å². The van der Waals surface area contributed by atoms with Gasteiger partial charge in [-0.3, -0.25) is 28.8 Å². The number of carbonyl (C=O) groups is 4. The maximum atomic E-state index is 15.2. The van der Waals surface area contributed by atoms with Crippen molar-refractivity contribution in [2.75, 3.05) is 24.0 Å². The number of rotatable bonds is 7. The van der Waals surface area contributed by atoms with Crippen LogP contribution in [0.4, 0.5) is 11.5 Å². The number of fused-ring (bicyclic) bond motifs is 5. The SMILES string of the molecule is COc1cc(C=CC2C3=CCC4C(=O)N(c5ccc(Br)cc5)C(=O)C4C3CC3C(=O)N(c4cc(-c5sc6ccc(Cl)cc6c5C)nn4C)C(=O)C23C)cc(OC)c1O. The molecule has 2 aliphatic heterocycles. The summed E-state index contributed by atoms with van der Waals surface area (Å²) >= 11 is 11.3. The molecular weight excluding hydrogens is 844 g/mol. The molecule has 2 saturated heterocycles. The second-order valence-electron chi connectivity index (χ2n) is 15.5. The highest BCUT2D eigenvalue weighted by atomic mass is 79.9. The van der Waals surface area contributed by atoms with Crippen LogP contribution in [-0.4, -0.2) is 52.7 Å². The molecule has 5 aromatic rings. The molecule has 0 bridgehead atoms. The second-order valence-corrected chi connectivity index (χ2v) is 17.9. The van der Waals surface area contributed by atoms with Gasteiger partial charge in [-0.1, -0.05) is 51.3 Å². The van der Waals surface area contributed by atoms with E-state index in [1.54, 1.807) is 65.5 Å². The first-order valence-electron chi connectivity index (χ1n) is 18.8. The number of hydrogen-bond acceptors (Lipinski definition) is 9. The summed E-state index contributed by atoms with van der Waals surface area (Å²) < 4.78 is 14.3. The first-order chi connectivity index (χ1) is 27.8. The van der Waals surface area contributed by atoms with Crippen molar-refractivity contribution in [1.82, 2.24) is 9.78 Å². The second kappa shape index (κ2) is 14.0. The molecule has 4 amide bonds. The van der Waals surface area contributed by atoms with Gasteiger partial charge >= 0.3 is 0 Å². The molecule has 3 fully saturated rings. The largest absolute Gasteiger partial charge is 0.502 e. The van der Waals surface area contributed by atoms with Gasteiger partial charge in [0.2, 0.25) is 29.4 Å². The van der Waals surface area contributed by atoms with Gasteiger partial charge in [0.15, 0.2) is 11.5 Å². The van der Waals surface area contributed by atoms with Crippen LogP contribution in [0.25, 0.3) is 26.7 Å². The minimum atomic E-state index is -1.26. The van der Waals surface area contributed by atoms with E-state index >= 15 is 4.79 Å². The zero-order valence-corrected chi connectivity index (χ0v) is 35.3. The maximum absolute atomic E-state index is 15.2. The van der Waals surface area contributed by atoms with Crippen LogP contribution in [0.5, 0.6) is 17.2 Å². The third-order valence-electron chi connectivity index (χ3n) is 12.6. The Kier molecular flexibility index (Phi) is 9.21. The van der Waals surface area contributed by atoms with E-state index in [2.05, 4.69) is 15.9 Å². The van der Waals surface area contributed by atoms with Gasteiger partial charge in [-0.2, -0.15) is 5.10 Å². The maximum Gasteiger partial charge on any atom is 0.242 e. The molecule has 3 aromatic carbocycles. The van der Waals surface area contributed by atoms with E-state index in [1.165, 1.54) is 24.0 Å². The van der Waals surface area contributed by atoms with Gasteiger partial charge < -0.3 is 14.6 Å². The van der Waals surface area contributed by atoms with Crippen molar-refractivity contribution in [3.8, 4) is 27.8 Å². The molecule has 14 heteroatoms. The number of nitrogens with zero attached hydrogens (tertiary/aromatic N) is 4. The zero-order valence-electron chi connectivity index (χ0n) is 32.2. The number of hydrogen-bond donors (Lipinski definition) is 1. The number of phenolic OH excluding ortho intramolecular Hbond substituents is 1. The van der Waals surface area contributed by atoms with Crippen molar-refractivity contribution in [3.63, 3.8) is 0 Å². The summed E-state index contributed by atoms with van der Waals surface area (Å²) in [5.74, 6) is -4.00. The Morgan fingerprint density at radius 2 is 1.66 bits per heavy atom. The standard InChI is InChI=1S/C44H38BrClN4O7S/c1-21-28-18-24(46)9-15-35(28)58-39(21)32-20-36(48(3)47-32)50-41(53)31-19-29-26(12-13-27-37(29)42(54)49(40(27)52)25-10-7-23(45)8-11-25)30(44(31,2)43(50)55)14-6-22-16-33(56-4)38(51)34(17-22)57-5/h6-12,14-18,20,27,29-31,37,51H,13,19H2,1-5H3. The number of anilines is 2. The lowest BCUT2D eigenvalue weighted by molar-refractivity contribution is -0.132. The Labute approximate surface area is 351 Å². The third kappa shape index (κ3) is 5.60. The van der Waals surface area contributed by atoms with Gasteiger partial charge in [-0.05, 0) is 104 Å². The fourth-order valence-electron chi connectivity index (χ4n) is 9.71. The minimum absolute atomic E-state index is 0.148. The van der Waals surface area contributed by atoms with Gasteiger partial charge in [0, 0.05) is 33.2 Å². The highest BCUT2D eigenvalue weighted by molar-refractivity contribution is 9.10. The number of ether oxygens (including phenoxy) is 2. The monoisotopic (exact) mass is 880 g/mol. The average Bonchev–Trinajstić information content (AvgIpc) is 3.88. The normalized spacial score (nSPS) is 25.4. The fourth-order valence-corrected chi connectivity index (χ4v) is 11.3. The lowest BCUT2D eigenvalue weighted by atomic mass is 9.52. The first kappa shape index (κ1) is 38.3. The summed E-state index contributed by atoms with van der Waals surface area (Å²) in [6.07, 6.45) is 6.26. The summed E-state index contributed by atoms with van der Waals surface area (Å²) in [7, 11) is 4.61. The lowest BCUT2D eigenvalue weighted by Gasteiger charge is -2.47. The molecule has 0 spiro atoms. The fraction of sp³-hybridized carbons (Fsp3) is 0.295. The molecule has 4 heterocycles. The molecule has 0 radical (unpaired) electrons. The molecule has 11 nitrogen and oxygen atoms in total. The van der Waals surface area contributed by atoms with E-state index < -0.39 is 35.0 Å². The van der Waals surface area contributed by atoms with Crippen LogP contribution in [0.3, 0.4) is 0 Å². The number of carbonyl (C=O) groups excluding carboxylic acids is 4. The molecule has 1 N–H and O–H groups in total. The van der Waals surface area contributed by atoms with Gasteiger partial charge in [0.25, 0.3) is 0 Å². The van der Waals surface area contributed by atoms with Crippen molar-refractivity contribution in [3.05, 3.63) is 99.0 Å².